The summed E-state index contributed by atoms with van der Waals surface area (Å²) in [7, 11) is 1.98. The van der Waals surface area contributed by atoms with Crippen LogP contribution in [0.1, 0.15) is 18.1 Å². The smallest absolute Gasteiger partial charge is 0.336 e. The molecule has 0 amide bonds. The molecule has 1 N–H and O–H groups in total. The molecular weight excluding hydrogens is 290 g/mol. The number of aryl methyl sites for hydroxylation is 1. The van der Waals surface area contributed by atoms with E-state index in [1.807, 2.05) is 50.4 Å². The summed E-state index contributed by atoms with van der Waals surface area (Å²) in [6.07, 6.45) is 0.717. The number of anilines is 1. The van der Waals surface area contributed by atoms with Gasteiger partial charge in [0.05, 0.1) is 0 Å². The van der Waals surface area contributed by atoms with Crippen LogP contribution >= 0.6 is 0 Å². The van der Waals surface area contributed by atoms with Gasteiger partial charge in [0.1, 0.15) is 11.3 Å². The maximum atomic E-state index is 11.8. The predicted octanol–water partition coefficient (Wildman–Crippen LogP) is 3.70. The van der Waals surface area contributed by atoms with Gasteiger partial charge in [0.2, 0.25) is 0 Å². The average Bonchev–Trinajstić information content (AvgIpc) is 2.55. The number of fused-ring (bicyclic) bond motifs is 1. The van der Waals surface area contributed by atoms with Crippen molar-refractivity contribution in [2.24, 2.45) is 0 Å². The second kappa shape index (κ2) is 6.16. The van der Waals surface area contributed by atoms with Crippen molar-refractivity contribution in [1.82, 2.24) is 0 Å². The van der Waals surface area contributed by atoms with Crippen LogP contribution in [-0.4, -0.2) is 12.2 Å². The van der Waals surface area contributed by atoms with Crippen LogP contribution in [0.5, 0.6) is 5.75 Å². The van der Waals surface area contributed by atoms with E-state index in [1.165, 1.54) is 12.1 Å². The average molecular weight is 309 g/mol. The zero-order chi connectivity index (χ0) is 16.4. The highest BCUT2D eigenvalue weighted by Gasteiger charge is 2.12. The van der Waals surface area contributed by atoms with E-state index in [1.54, 1.807) is 0 Å². The van der Waals surface area contributed by atoms with Gasteiger partial charge in [-0.3, -0.25) is 0 Å². The molecule has 0 spiro atoms. The Hall–Kier alpha value is -2.75. The molecule has 4 heteroatoms. The molecule has 0 saturated heterocycles. The van der Waals surface area contributed by atoms with Gasteiger partial charge in [-0.2, -0.15) is 0 Å². The van der Waals surface area contributed by atoms with Crippen LogP contribution in [0.2, 0.25) is 0 Å². The summed E-state index contributed by atoms with van der Waals surface area (Å²) in [6.45, 7) is 2.57. The highest BCUT2D eigenvalue weighted by molar-refractivity contribution is 5.83. The van der Waals surface area contributed by atoms with Gasteiger partial charge in [-0.25, -0.2) is 4.79 Å². The standard InChI is InChI=1S/C19H19NO3/c1-3-13-9-16-14(10-19(22)23-18(16)11-17(13)21)12-20(2)15-7-5-4-6-8-15/h4-11,21H,3,12H2,1-2H3. The normalized spacial score (nSPS) is 10.9. The largest absolute Gasteiger partial charge is 0.508 e. The lowest BCUT2D eigenvalue weighted by Crippen LogP contribution is -2.17. The van der Waals surface area contributed by atoms with Crippen molar-refractivity contribution in [3.63, 3.8) is 0 Å². The fourth-order valence-electron chi connectivity index (χ4n) is 2.75. The monoisotopic (exact) mass is 309 g/mol. The maximum Gasteiger partial charge on any atom is 0.336 e. The number of hydrogen-bond acceptors (Lipinski definition) is 4. The minimum atomic E-state index is -0.405. The molecule has 3 aromatic rings. The first-order valence-corrected chi connectivity index (χ1v) is 7.63. The quantitative estimate of drug-likeness (QED) is 0.747. The van der Waals surface area contributed by atoms with E-state index in [9.17, 15) is 9.90 Å². The van der Waals surface area contributed by atoms with Crippen LogP contribution in [0.4, 0.5) is 5.69 Å². The second-order valence-electron chi connectivity index (χ2n) is 5.61. The van der Waals surface area contributed by atoms with E-state index in [2.05, 4.69) is 4.90 Å². The van der Waals surface area contributed by atoms with E-state index in [4.69, 9.17) is 4.42 Å². The molecule has 1 aromatic heterocycles. The SMILES string of the molecule is CCc1cc2c(CN(C)c3ccccc3)cc(=O)oc2cc1O. The molecule has 0 saturated carbocycles. The molecule has 0 atom stereocenters. The zero-order valence-electron chi connectivity index (χ0n) is 13.2. The predicted molar refractivity (Wildman–Crippen MR) is 92.1 cm³/mol. The lowest BCUT2D eigenvalue weighted by Gasteiger charge is -2.20. The molecule has 2 aromatic carbocycles. The lowest BCUT2D eigenvalue weighted by atomic mass is 10.0. The topological polar surface area (TPSA) is 53.7 Å². The third-order valence-electron chi connectivity index (χ3n) is 4.01. The van der Waals surface area contributed by atoms with E-state index < -0.39 is 5.63 Å². The van der Waals surface area contributed by atoms with Gasteiger partial charge >= 0.3 is 5.63 Å². The van der Waals surface area contributed by atoms with Crippen molar-refractivity contribution >= 4 is 16.7 Å². The Balaban J connectivity index is 2.07. The van der Waals surface area contributed by atoms with E-state index in [0.29, 0.717) is 12.1 Å². The van der Waals surface area contributed by atoms with Crippen LogP contribution < -0.4 is 10.5 Å². The third kappa shape index (κ3) is 3.06. The molecule has 0 bridgehead atoms. The van der Waals surface area contributed by atoms with E-state index in [-0.39, 0.29) is 5.75 Å². The number of hydrogen-bond donors (Lipinski definition) is 1. The number of rotatable bonds is 4. The highest BCUT2D eigenvalue weighted by atomic mass is 16.4. The molecule has 0 aliphatic carbocycles. The summed E-state index contributed by atoms with van der Waals surface area (Å²) in [5.74, 6) is 0.164. The molecule has 0 aliphatic heterocycles. The summed E-state index contributed by atoms with van der Waals surface area (Å²) < 4.78 is 5.24. The van der Waals surface area contributed by atoms with Crippen molar-refractivity contribution in [2.45, 2.75) is 19.9 Å². The van der Waals surface area contributed by atoms with Crippen molar-refractivity contribution in [1.29, 1.82) is 0 Å². The third-order valence-corrected chi connectivity index (χ3v) is 4.01. The summed E-state index contributed by atoms with van der Waals surface area (Å²) in [4.78, 5) is 13.9. The first kappa shape index (κ1) is 15.2. The van der Waals surface area contributed by atoms with Gasteiger partial charge < -0.3 is 14.4 Å². The van der Waals surface area contributed by atoms with E-state index >= 15 is 0 Å². The number of phenolic OH excluding ortho intramolecular Hbond substituents is 1. The Kier molecular flexibility index (Phi) is 4.06. The summed E-state index contributed by atoms with van der Waals surface area (Å²) in [5.41, 5.74) is 2.82. The number of aromatic hydroxyl groups is 1. The molecule has 0 fully saturated rings. The van der Waals surface area contributed by atoms with Crippen LogP contribution in [-0.2, 0) is 13.0 Å². The first-order chi connectivity index (χ1) is 11.1. The number of benzene rings is 2. The van der Waals surface area contributed by atoms with Crippen LogP contribution in [0.25, 0.3) is 11.0 Å². The van der Waals surface area contributed by atoms with Crippen molar-refractivity contribution in [3.05, 3.63) is 70.1 Å². The fourth-order valence-corrected chi connectivity index (χ4v) is 2.75. The van der Waals surface area contributed by atoms with Crippen molar-refractivity contribution in [2.75, 3.05) is 11.9 Å². The zero-order valence-corrected chi connectivity index (χ0v) is 13.2. The Morgan fingerprint density at radius 3 is 2.52 bits per heavy atom. The molecule has 23 heavy (non-hydrogen) atoms. The Bertz CT molecular complexity index is 884. The highest BCUT2D eigenvalue weighted by Crippen LogP contribution is 2.28. The number of para-hydroxylation sites is 1. The number of phenols is 1. The molecule has 0 radical (unpaired) electrons. The summed E-state index contributed by atoms with van der Waals surface area (Å²) in [5, 5.41) is 10.8. The Morgan fingerprint density at radius 2 is 1.83 bits per heavy atom. The fraction of sp³-hybridized carbons (Fsp3) is 0.211. The van der Waals surface area contributed by atoms with Gasteiger partial charge in [0.25, 0.3) is 0 Å². The molecule has 0 unspecified atom stereocenters. The minimum absolute atomic E-state index is 0.164. The molecule has 4 nitrogen and oxygen atoms in total. The number of nitrogens with zero attached hydrogens (tertiary/aromatic N) is 1. The van der Waals surface area contributed by atoms with Crippen LogP contribution in [0.3, 0.4) is 0 Å². The lowest BCUT2D eigenvalue weighted by molar-refractivity contribution is 0.466. The van der Waals surface area contributed by atoms with Crippen molar-refractivity contribution in [3.8, 4) is 5.75 Å². The Labute approximate surface area is 134 Å². The van der Waals surface area contributed by atoms with Gasteiger partial charge in [0, 0.05) is 36.8 Å². The first-order valence-electron chi connectivity index (χ1n) is 7.63. The molecule has 118 valence electrons. The van der Waals surface area contributed by atoms with Gasteiger partial charge in [-0.1, -0.05) is 25.1 Å². The van der Waals surface area contributed by atoms with Gasteiger partial charge in [0.15, 0.2) is 0 Å². The Morgan fingerprint density at radius 1 is 1.09 bits per heavy atom. The minimum Gasteiger partial charge on any atom is -0.508 e. The summed E-state index contributed by atoms with van der Waals surface area (Å²) >= 11 is 0. The molecule has 0 aliphatic rings. The van der Waals surface area contributed by atoms with Crippen LogP contribution in [0, 0.1) is 0 Å². The second-order valence-corrected chi connectivity index (χ2v) is 5.61. The van der Waals surface area contributed by atoms with Gasteiger partial charge in [-0.15, -0.1) is 0 Å². The summed E-state index contributed by atoms with van der Waals surface area (Å²) in [6, 6.07) is 14.9. The van der Waals surface area contributed by atoms with Crippen LogP contribution in [0.15, 0.2) is 57.7 Å². The maximum absolute atomic E-state index is 11.8. The van der Waals surface area contributed by atoms with Crippen molar-refractivity contribution < 1.29 is 9.52 Å². The molecule has 3 rings (SSSR count). The van der Waals surface area contributed by atoms with Gasteiger partial charge in [-0.05, 0) is 35.7 Å². The molecular formula is C19H19NO3. The molecule has 1 heterocycles. The van der Waals surface area contributed by atoms with E-state index in [0.717, 1.165) is 28.6 Å².